The first-order valence-electron chi connectivity index (χ1n) is 8.33. The second kappa shape index (κ2) is 6.56. The maximum atomic E-state index is 6.28. The Bertz CT molecular complexity index is 697. The van der Waals surface area contributed by atoms with Gasteiger partial charge in [0.25, 0.3) is 0 Å². The van der Waals surface area contributed by atoms with Crippen LogP contribution in [0.25, 0.3) is 0 Å². The lowest BCUT2D eigenvalue weighted by Crippen LogP contribution is -2.31. The van der Waals surface area contributed by atoms with Crippen molar-refractivity contribution in [3.63, 3.8) is 0 Å². The summed E-state index contributed by atoms with van der Waals surface area (Å²) in [4.78, 5) is 11.9. The summed E-state index contributed by atoms with van der Waals surface area (Å²) in [5.74, 6) is 0.973. The van der Waals surface area contributed by atoms with Crippen LogP contribution in [0.1, 0.15) is 41.5 Å². The van der Waals surface area contributed by atoms with E-state index in [-0.39, 0.29) is 0 Å². The van der Waals surface area contributed by atoms with Crippen molar-refractivity contribution in [1.29, 1.82) is 0 Å². The summed E-state index contributed by atoms with van der Waals surface area (Å²) >= 11 is 6.28. The summed E-state index contributed by atoms with van der Waals surface area (Å²) in [7, 11) is 0. The zero-order chi connectivity index (χ0) is 15.6. The summed E-state index contributed by atoms with van der Waals surface area (Å²) in [5.41, 5.74) is 3.66. The number of benzene rings is 1. The minimum absolute atomic E-state index is 0.349. The lowest BCUT2D eigenvalue weighted by Gasteiger charge is -2.28. The van der Waals surface area contributed by atoms with Gasteiger partial charge in [0, 0.05) is 48.5 Å². The fourth-order valence-electron chi connectivity index (χ4n) is 3.47. The van der Waals surface area contributed by atoms with E-state index in [1.807, 2.05) is 24.4 Å². The Morgan fingerprint density at radius 2 is 2.22 bits per heavy atom. The van der Waals surface area contributed by atoms with E-state index in [2.05, 4.69) is 21.3 Å². The van der Waals surface area contributed by atoms with E-state index < -0.39 is 0 Å². The average Bonchev–Trinajstić information content (AvgIpc) is 3.11. The van der Waals surface area contributed by atoms with E-state index in [0.29, 0.717) is 6.04 Å². The summed E-state index contributed by atoms with van der Waals surface area (Å²) in [5, 5.41) is 4.32. The van der Waals surface area contributed by atoms with Gasteiger partial charge in [0.15, 0.2) is 0 Å². The Balaban J connectivity index is 1.48. The normalized spacial score (nSPS) is 21.3. The van der Waals surface area contributed by atoms with Crippen LogP contribution in [0.15, 0.2) is 30.5 Å². The molecule has 3 heterocycles. The molecule has 4 rings (SSSR count). The number of hydrogen-bond acceptors (Lipinski definition) is 4. The molecule has 1 aromatic carbocycles. The lowest BCUT2D eigenvalue weighted by molar-refractivity contribution is 0.242. The summed E-state index contributed by atoms with van der Waals surface area (Å²) in [6.07, 6.45) is 5.38. The van der Waals surface area contributed by atoms with Crippen LogP contribution in [0.4, 0.5) is 0 Å². The number of halogens is 1. The SMILES string of the molecule is Clc1ccccc1CN1CCc2nc(C3CCCN3)ncc2C1. The fraction of sp³-hybridized carbons (Fsp3) is 0.444. The van der Waals surface area contributed by atoms with Crippen molar-refractivity contribution in [3.05, 3.63) is 58.1 Å². The molecule has 0 bridgehead atoms. The molecule has 0 amide bonds. The summed E-state index contributed by atoms with van der Waals surface area (Å²) in [6, 6.07) is 8.43. The van der Waals surface area contributed by atoms with Gasteiger partial charge in [0.05, 0.1) is 6.04 Å². The first kappa shape index (κ1) is 15.1. The van der Waals surface area contributed by atoms with Crippen molar-refractivity contribution < 1.29 is 0 Å². The Morgan fingerprint density at radius 1 is 1.30 bits per heavy atom. The van der Waals surface area contributed by atoms with E-state index in [1.165, 1.54) is 23.2 Å². The molecule has 2 aliphatic heterocycles. The fourth-order valence-corrected chi connectivity index (χ4v) is 3.66. The van der Waals surface area contributed by atoms with Crippen LogP contribution in [0, 0.1) is 0 Å². The lowest BCUT2D eigenvalue weighted by atomic mass is 10.1. The van der Waals surface area contributed by atoms with Crippen LogP contribution in [0.2, 0.25) is 5.02 Å². The van der Waals surface area contributed by atoms with E-state index in [0.717, 1.165) is 49.9 Å². The minimum atomic E-state index is 0.349. The molecule has 1 N–H and O–H groups in total. The molecule has 2 aliphatic rings. The molecule has 1 atom stereocenters. The first-order valence-corrected chi connectivity index (χ1v) is 8.71. The molecule has 23 heavy (non-hydrogen) atoms. The van der Waals surface area contributed by atoms with Crippen LogP contribution < -0.4 is 5.32 Å². The van der Waals surface area contributed by atoms with Gasteiger partial charge >= 0.3 is 0 Å². The van der Waals surface area contributed by atoms with Crippen LogP contribution >= 0.6 is 11.6 Å². The number of aromatic nitrogens is 2. The molecule has 1 unspecified atom stereocenters. The molecular weight excluding hydrogens is 308 g/mol. The van der Waals surface area contributed by atoms with Gasteiger partial charge in [-0.15, -0.1) is 0 Å². The first-order chi connectivity index (χ1) is 11.3. The van der Waals surface area contributed by atoms with Gasteiger partial charge in [-0.1, -0.05) is 29.8 Å². The highest BCUT2D eigenvalue weighted by atomic mass is 35.5. The zero-order valence-electron chi connectivity index (χ0n) is 13.1. The van der Waals surface area contributed by atoms with Crippen molar-refractivity contribution in [2.75, 3.05) is 13.1 Å². The molecule has 0 radical (unpaired) electrons. The number of fused-ring (bicyclic) bond motifs is 1. The van der Waals surface area contributed by atoms with Gasteiger partial charge in [-0.05, 0) is 31.0 Å². The van der Waals surface area contributed by atoms with Gasteiger partial charge in [-0.3, -0.25) is 4.90 Å². The van der Waals surface area contributed by atoms with Crippen molar-refractivity contribution in [2.45, 2.75) is 38.4 Å². The quantitative estimate of drug-likeness (QED) is 0.940. The van der Waals surface area contributed by atoms with Gasteiger partial charge in [0.2, 0.25) is 0 Å². The van der Waals surface area contributed by atoms with Gasteiger partial charge in [-0.2, -0.15) is 0 Å². The van der Waals surface area contributed by atoms with Crippen LogP contribution in [0.5, 0.6) is 0 Å². The molecule has 4 nitrogen and oxygen atoms in total. The molecule has 0 aliphatic carbocycles. The number of rotatable bonds is 3. The Kier molecular flexibility index (Phi) is 4.29. The summed E-state index contributed by atoms with van der Waals surface area (Å²) in [6.45, 7) is 3.88. The second-order valence-electron chi connectivity index (χ2n) is 6.40. The van der Waals surface area contributed by atoms with Crippen LogP contribution in [-0.4, -0.2) is 28.0 Å². The van der Waals surface area contributed by atoms with Crippen molar-refractivity contribution >= 4 is 11.6 Å². The molecule has 120 valence electrons. The van der Waals surface area contributed by atoms with Crippen molar-refractivity contribution in [3.8, 4) is 0 Å². The average molecular weight is 329 g/mol. The van der Waals surface area contributed by atoms with E-state index in [1.54, 1.807) is 0 Å². The van der Waals surface area contributed by atoms with E-state index >= 15 is 0 Å². The van der Waals surface area contributed by atoms with Gasteiger partial charge in [-0.25, -0.2) is 9.97 Å². The molecule has 5 heteroatoms. The predicted molar refractivity (Wildman–Crippen MR) is 91.3 cm³/mol. The zero-order valence-corrected chi connectivity index (χ0v) is 13.9. The maximum Gasteiger partial charge on any atom is 0.145 e. The third kappa shape index (κ3) is 3.25. The van der Waals surface area contributed by atoms with Crippen LogP contribution in [0.3, 0.4) is 0 Å². The molecule has 0 spiro atoms. The molecular formula is C18H21ClN4. The number of nitrogens with zero attached hydrogens (tertiary/aromatic N) is 3. The highest BCUT2D eigenvalue weighted by Gasteiger charge is 2.23. The molecule has 0 saturated carbocycles. The predicted octanol–water partition coefficient (Wildman–Crippen LogP) is 3.11. The van der Waals surface area contributed by atoms with Gasteiger partial charge in [0.1, 0.15) is 5.82 Å². The van der Waals surface area contributed by atoms with E-state index in [9.17, 15) is 0 Å². The second-order valence-corrected chi connectivity index (χ2v) is 6.81. The Hall–Kier alpha value is -1.49. The standard InChI is InChI=1S/C18H21ClN4/c19-15-5-2-1-4-13(15)11-23-9-7-16-14(12-23)10-21-18(22-16)17-6-3-8-20-17/h1-2,4-5,10,17,20H,3,6-9,11-12H2. The highest BCUT2D eigenvalue weighted by molar-refractivity contribution is 6.31. The monoisotopic (exact) mass is 328 g/mol. The smallest absolute Gasteiger partial charge is 0.145 e. The topological polar surface area (TPSA) is 41.1 Å². The third-order valence-corrected chi connectivity index (χ3v) is 5.12. The maximum absolute atomic E-state index is 6.28. The van der Waals surface area contributed by atoms with E-state index in [4.69, 9.17) is 16.6 Å². The third-order valence-electron chi connectivity index (χ3n) is 4.76. The molecule has 1 saturated heterocycles. The van der Waals surface area contributed by atoms with Crippen LogP contribution in [-0.2, 0) is 19.5 Å². The number of nitrogens with one attached hydrogen (secondary N) is 1. The van der Waals surface area contributed by atoms with Gasteiger partial charge < -0.3 is 5.32 Å². The number of hydrogen-bond donors (Lipinski definition) is 1. The largest absolute Gasteiger partial charge is 0.307 e. The molecule has 1 fully saturated rings. The Morgan fingerprint density at radius 3 is 3.04 bits per heavy atom. The summed E-state index contributed by atoms with van der Waals surface area (Å²) < 4.78 is 0. The minimum Gasteiger partial charge on any atom is -0.307 e. The highest BCUT2D eigenvalue weighted by Crippen LogP contribution is 2.25. The van der Waals surface area contributed by atoms with Crippen molar-refractivity contribution in [2.24, 2.45) is 0 Å². The van der Waals surface area contributed by atoms with Crippen molar-refractivity contribution in [1.82, 2.24) is 20.2 Å². The molecule has 2 aromatic rings. The molecule has 1 aromatic heterocycles. The Labute approximate surface area is 141 Å².